The SMILES string of the molecule is CCC1SCCSC1c1nc(C)nc(N)n1. The van der Waals surface area contributed by atoms with Gasteiger partial charge in [-0.05, 0) is 13.3 Å². The topological polar surface area (TPSA) is 64.7 Å². The van der Waals surface area contributed by atoms with Crippen molar-refractivity contribution in [2.75, 3.05) is 17.2 Å². The summed E-state index contributed by atoms with van der Waals surface area (Å²) in [5, 5.41) is 0.965. The maximum absolute atomic E-state index is 5.67. The number of rotatable bonds is 2. The van der Waals surface area contributed by atoms with Crippen molar-refractivity contribution >= 4 is 29.5 Å². The van der Waals surface area contributed by atoms with Crippen molar-refractivity contribution in [3.63, 3.8) is 0 Å². The lowest BCUT2D eigenvalue weighted by Crippen LogP contribution is -2.21. The summed E-state index contributed by atoms with van der Waals surface area (Å²) in [6.07, 6.45) is 1.15. The van der Waals surface area contributed by atoms with Gasteiger partial charge in [-0.3, -0.25) is 0 Å². The van der Waals surface area contributed by atoms with Crippen molar-refractivity contribution in [3.05, 3.63) is 11.6 Å². The number of hydrogen-bond donors (Lipinski definition) is 1. The molecule has 1 aromatic rings. The molecule has 6 heteroatoms. The summed E-state index contributed by atoms with van der Waals surface area (Å²) in [5.41, 5.74) is 5.67. The maximum atomic E-state index is 5.67. The minimum Gasteiger partial charge on any atom is -0.368 e. The molecular weight excluding hydrogens is 240 g/mol. The van der Waals surface area contributed by atoms with Crippen LogP contribution in [0.2, 0.25) is 0 Å². The number of anilines is 1. The molecule has 0 spiro atoms. The second-order valence-corrected chi connectivity index (χ2v) is 6.30. The monoisotopic (exact) mass is 256 g/mol. The van der Waals surface area contributed by atoms with Gasteiger partial charge in [-0.1, -0.05) is 6.92 Å². The van der Waals surface area contributed by atoms with E-state index in [1.165, 1.54) is 5.75 Å². The van der Waals surface area contributed by atoms with E-state index in [4.69, 9.17) is 5.73 Å². The van der Waals surface area contributed by atoms with E-state index in [0.29, 0.717) is 22.3 Å². The molecule has 1 aliphatic heterocycles. The standard InChI is InChI=1S/C10H16N4S2/c1-3-7-8(16-5-4-15-7)9-12-6(2)13-10(11)14-9/h7-8H,3-5H2,1-2H3,(H2,11,12,13,14). The zero-order valence-electron chi connectivity index (χ0n) is 9.51. The third-order valence-corrected chi connectivity index (χ3v) is 5.73. The van der Waals surface area contributed by atoms with Crippen molar-refractivity contribution in [1.82, 2.24) is 15.0 Å². The zero-order valence-corrected chi connectivity index (χ0v) is 11.1. The van der Waals surface area contributed by atoms with Gasteiger partial charge < -0.3 is 5.73 Å². The van der Waals surface area contributed by atoms with E-state index in [1.54, 1.807) is 0 Å². The van der Waals surface area contributed by atoms with Crippen LogP contribution in [0.25, 0.3) is 0 Å². The fourth-order valence-electron chi connectivity index (χ4n) is 1.79. The molecule has 2 unspecified atom stereocenters. The normalized spacial score (nSPS) is 25.6. The molecular formula is C10H16N4S2. The van der Waals surface area contributed by atoms with Gasteiger partial charge in [0.05, 0.1) is 5.25 Å². The number of aromatic nitrogens is 3. The van der Waals surface area contributed by atoms with E-state index in [2.05, 4.69) is 21.9 Å². The van der Waals surface area contributed by atoms with Crippen molar-refractivity contribution in [2.24, 2.45) is 0 Å². The Balaban J connectivity index is 2.26. The first kappa shape index (κ1) is 12.0. The van der Waals surface area contributed by atoms with Crippen LogP contribution in [0.3, 0.4) is 0 Å². The smallest absolute Gasteiger partial charge is 0.223 e. The van der Waals surface area contributed by atoms with Gasteiger partial charge >= 0.3 is 0 Å². The van der Waals surface area contributed by atoms with Crippen molar-refractivity contribution < 1.29 is 0 Å². The Hall–Kier alpha value is -0.490. The first-order valence-electron chi connectivity index (χ1n) is 5.42. The van der Waals surface area contributed by atoms with Crippen LogP contribution in [0.15, 0.2) is 0 Å². The van der Waals surface area contributed by atoms with Gasteiger partial charge in [0.2, 0.25) is 5.95 Å². The van der Waals surface area contributed by atoms with E-state index in [9.17, 15) is 0 Å². The lowest BCUT2D eigenvalue weighted by atomic mass is 10.2. The summed E-state index contributed by atoms with van der Waals surface area (Å²) < 4.78 is 0. The number of hydrogen-bond acceptors (Lipinski definition) is 6. The second kappa shape index (κ2) is 5.23. The van der Waals surface area contributed by atoms with E-state index >= 15 is 0 Å². The molecule has 0 saturated carbocycles. The van der Waals surface area contributed by atoms with Gasteiger partial charge in [0, 0.05) is 16.8 Å². The van der Waals surface area contributed by atoms with Gasteiger partial charge in [-0.25, -0.2) is 4.98 Å². The lowest BCUT2D eigenvalue weighted by molar-refractivity contribution is 0.736. The van der Waals surface area contributed by atoms with Crippen molar-refractivity contribution in [2.45, 2.75) is 30.8 Å². The highest BCUT2D eigenvalue weighted by molar-refractivity contribution is 8.06. The Kier molecular flexibility index (Phi) is 3.91. The summed E-state index contributed by atoms with van der Waals surface area (Å²) in [6, 6.07) is 0. The zero-order chi connectivity index (χ0) is 11.5. The predicted octanol–water partition coefficient (Wildman–Crippen LogP) is 2.06. The Morgan fingerprint density at radius 3 is 2.69 bits per heavy atom. The number of thioether (sulfide) groups is 2. The molecule has 0 amide bonds. The molecule has 2 N–H and O–H groups in total. The number of nitrogen functional groups attached to an aromatic ring is 1. The Labute approximate surface area is 104 Å². The van der Waals surface area contributed by atoms with Crippen LogP contribution in [-0.2, 0) is 0 Å². The average Bonchev–Trinajstić information content (AvgIpc) is 2.27. The van der Waals surface area contributed by atoms with Crippen LogP contribution in [0.4, 0.5) is 5.95 Å². The summed E-state index contributed by atoms with van der Waals surface area (Å²) in [6.45, 7) is 4.08. The van der Waals surface area contributed by atoms with Gasteiger partial charge in [0.25, 0.3) is 0 Å². The van der Waals surface area contributed by atoms with Gasteiger partial charge in [0.1, 0.15) is 11.6 Å². The minimum absolute atomic E-state index is 0.341. The third kappa shape index (κ3) is 2.60. The minimum atomic E-state index is 0.341. The Morgan fingerprint density at radius 1 is 1.25 bits per heavy atom. The Bertz CT molecular complexity index is 352. The van der Waals surface area contributed by atoms with Crippen LogP contribution in [-0.4, -0.2) is 31.7 Å². The fourth-order valence-corrected chi connectivity index (χ4v) is 4.78. The van der Waals surface area contributed by atoms with Crippen LogP contribution in [0.5, 0.6) is 0 Å². The van der Waals surface area contributed by atoms with Crippen LogP contribution < -0.4 is 5.73 Å². The highest BCUT2D eigenvalue weighted by atomic mass is 32.2. The summed E-state index contributed by atoms with van der Waals surface area (Å²) in [4.78, 5) is 12.7. The average molecular weight is 256 g/mol. The number of nitrogens with zero attached hydrogens (tertiary/aromatic N) is 3. The van der Waals surface area contributed by atoms with Crippen molar-refractivity contribution in [1.29, 1.82) is 0 Å². The van der Waals surface area contributed by atoms with E-state index in [0.717, 1.165) is 18.0 Å². The molecule has 2 rings (SSSR count). The molecule has 0 aromatic carbocycles. The van der Waals surface area contributed by atoms with Crippen LogP contribution in [0.1, 0.15) is 30.2 Å². The molecule has 1 fully saturated rings. The quantitative estimate of drug-likeness (QED) is 0.874. The molecule has 1 aromatic heterocycles. The number of nitrogens with two attached hydrogens (primary N) is 1. The molecule has 16 heavy (non-hydrogen) atoms. The molecule has 0 aliphatic carbocycles. The third-order valence-electron chi connectivity index (χ3n) is 2.49. The lowest BCUT2D eigenvalue weighted by Gasteiger charge is -2.28. The molecule has 1 saturated heterocycles. The van der Waals surface area contributed by atoms with E-state index in [-0.39, 0.29) is 0 Å². The molecule has 2 atom stereocenters. The maximum Gasteiger partial charge on any atom is 0.223 e. The van der Waals surface area contributed by atoms with E-state index < -0.39 is 0 Å². The number of aryl methyl sites for hydroxylation is 1. The molecule has 0 radical (unpaired) electrons. The second-order valence-electron chi connectivity index (χ2n) is 3.71. The molecule has 4 nitrogen and oxygen atoms in total. The van der Waals surface area contributed by atoms with Gasteiger partial charge in [-0.15, -0.1) is 11.8 Å². The van der Waals surface area contributed by atoms with Crippen molar-refractivity contribution in [3.8, 4) is 0 Å². The summed E-state index contributed by atoms with van der Waals surface area (Å²) in [7, 11) is 0. The molecule has 88 valence electrons. The van der Waals surface area contributed by atoms with Gasteiger partial charge in [-0.2, -0.15) is 21.7 Å². The Morgan fingerprint density at radius 2 is 2.00 bits per heavy atom. The summed E-state index contributed by atoms with van der Waals surface area (Å²) >= 11 is 3.95. The van der Waals surface area contributed by atoms with Crippen LogP contribution >= 0.6 is 23.5 Å². The predicted molar refractivity (Wildman–Crippen MR) is 70.7 cm³/mol. The highest BCUT2D eigenvalue weighted by Gasteiger charge is 2.29. The fraction of sp³-hybridized carbons (Fsp3) is 0.700. The largest absolute Gasteiger partial charge is 0.368 e. The van der Waals surface area contributed by atoms with Crippen LogP contribution in [0, 0.1) is 6.92 Å². The van der Waals surface area contributed by atoms with Gasteiger partial charge in [0.15, 0.2) is 0 Å². The first-order chi connectivity index (χ1) is 7.70. The first-order valence-corrected chi connectivity index (χ1v) is 7.51. The molecule has 1 aliphatic rings. The van der Waals surface area contributed by atoms with E-state index in [1.807, 2.05) is 30.4 Å². The molecule has 0 bridgehead atoms. The molecule has 2 heterocycles. The highest BCUT2D eigenvalue weighted by Crippen LogP contribution is 2.42. The summed E-state index contributed by atoms with van der Waals surface area (Å²) in [5.74, 6) is 4.30.